The van der Waals surface area contributed by atoms with Crippen molar-refractivity contribution in [3.63, 3.8) is 0 Å². The van der Waals surface area contributed by atoms with Crippen molar-refractivity contribution < 1.29 is 23.1 Å². The molecule has 1 aliphatic heterocycles. The second-order valence-corrected chi connectivity index (χ2v) is 9.20. The Kier molecular flexibility index (Phi) is 6.28. The molecule has 26 heavy (non-hydrogen) atoms. The number of carbonyl (C=O) groups is 2. The average Bonchev–Trinajstić information content (AvgIpc) is 2.61. The zero-order chi connectivity index (χ0) is 19.5. The Hall–Kier alpha value is -2.09. The lowest BCUT2D eigenvalue weighted by molar-refractivity contribution is -0.143. The zero-order valence-electron chi connectivity index (χ0n) is 15.3. The first-order valence-electron chi connectivity index (χ1n) is 8.75. The van der Waals surface area contributed by atoms with Crippen molar-refractivity contribution in [1.82, 2.24) is 10.2 Å². The second-order valence-electron chi connectivity index (χ2n) is 6.92. The number of nitrogens with one attached hydrogen (secondary N) is 1. The number of likely N-dealkylation sites (tertiary alicyclic amines) is 1. The number of hydrogen-bond donors (Lipinski definition) is 2. The number of amides is 2. The topological polar surface area (TPSA) is 104 Å². The van der Waals surface area contributed by atoms with E-state index in [1.54, 1.807) is 36.1 Å². The lowest BCUT2D eigenvalue weighted by Gasteiger charge is -2.35. The highest BCUT2D eigenvalue weighted by molar-refractivity contribution is 7.91. The Morgan fingerprint density at radius 1 is 1.27 bits per heavy atom. The van der Waals surface area contributed by atoms with Gasteiger partial charge in [-0.3, -0.25) is 4.79 Å². The number of hydrogen-bond acceptors (Lipinski definition) is 4. The van der Waals surface area contributed by atoms with Gasteiger partial charge in [-0.05, 0) is 37.0 Å². The van der Waals surface area contributed by atoms with E-state index in [0.717, 1.165) is 5.56 Å². The van der Waals surface area contributed by atoms with Crippen LogP contribution in [-0.4, -0.2) is 49.3 Å². The average molecular weight is 382 g/mol. The fraction of sp³-hybridized carbons (Fsp3) is 0.556. The molecule has 3 unspecified atom stereocenters. The standard InChI is InChI=1S/C18H26N2O5S/c1-4-26(24,25)16-7-5-14(6-8-16)13(3)19-18(23)20-10-12(2)9-15(11-20)17(21)22/h5-8,12-13,15H,4,9-11H2,1-3H3,(H,19,23)(H,21,22). The number of piperidine rings is 1. The molecule has 7 nitrogen and oxygen atoms in total. The SMILES string of the molecule is CCS(=O)(=O)c1ccc(C(C)NC(=O)N2CC(C)CC(C(=O)O)C2)cc1. The van der Waals surface area contributed by atoms with Gasteiger partial charge in [0.2, 0.25) is 0 Å². The largest absolute Gasteiger partial charge is 0.481 e. The maximum Gasteiger partial charge on any atom is 0.317 e. The molecule has 0 bridgehead atoms. The molecule has 0 aromatic heterocycles. The summed E-state index contributed by atoms with van der Waals surface area (Å²) < 4.78 is 23.7. The quantitative estimate of drug-likeness (QED) is 0.813. The first kappa shape index (κ1) is 20.2. The van der Waals surface area contributed by atoms with Gasteiger partial charge in [0.15, 0.2) is 9.84 Å². The summed E-state index contributed by atoms with van der Waals surface area (Å²) in [7, 11) is -3.25. The highest BCUT2D eigenvalue weighted by Gasteiger charge is 2.32. The van der Waals surface area contributed by atoms with Crippen LogP contribution in [0.15, 0.2) is 29.2 Å². The van der Waals surface area contributed by atoms with E-state index < -0.39 is 21.7 Å². The second kappa shape index (κ2) is 8.07. The summed E-state index contributed by atoms with van der Waals surface area (Å²) in [5.41, 5.74) is 0.785. The first-order chi connectivity index (χ1) is 12.1. The van der Waals surface area contributed by atoms with Crippen molar-refractivity contribution in [3.05, 3.63) is 29.8 Å². The normalized spacial score (nSPS) is 21.9. The Bertz CT molecular complexity index is 760. The van der Waals surface area contributed by atoms with Crippen molar-refractivity contribution in [2.75, 3.05) is 18.8 Å². The number of rotatable bonds is 5. The van der Waals surface area contributed by atoms with Crippen LogP contribution in [-0.2, 0) is 14.6 Å². The van der Waals surface area contributed by atoms with E-state index in [2.05, 4.69) is 5.32 Å². The molecular weight excluding hydrogens is 356 g/mol. The zero-order valence-corrected chi connectivity index (χ0v) is 16.1. The van der Waals surface area contributed by atoms with Gasteiger partial charge in [-0.15, -0.1) is 0 Å². The molecule has 0 radical (unpaired) electrons. The van der Waals surface area contributed by atoms with Gasteiger partial charge in [0.05, 0.1) is 22.6 Å². The molecule has 144 valence electrons. The Labute approximate surface area is 154 Å². The van der Waals surface area contributed by atoms with Crippen LogP contribution in [0.4, 0.5) is 4.79 Å². The molecule has 0 saturated carbocycles. The molecule has 3 atom stereocenters. The van der Waals surface area contributed by atoms with Gasteiger partial charge in [-0.25, -0.2) is 13.2 Å². The number of nitrogens with zero attached hydrogens (tertiary/aromatic N) is 1. The Morgan fingerprint density at radius 3 is 2.42 bits per heavy atom. The van der Waals surface area contributed by atoms with Crippen LogP contribution in [0.25, 0.3) is 0 Å². The maximum absolute atomic E-state index is 12.5. The molecule has 1 saturated heterocycles. The van der Waals surface area contributed by atoms with E-state index in [4.69, 9.17) is 0 Å². The number of urea groups is 1. The molecule has 2 N–H and O–H groups in total. The van der Waals surface area contributed by atoms with E-state index in [0.29, 0.717) is 13.0 Å². The first-order valence-corrected chi connectivity index (χ1v) is 10.4. The molecule has 1 aromatic carbocycles. The number of benzene rings is 1. The van der Waals surface area contributed by atoms with Crippen molar-refractivity contribution in [2.45, 2.75) is 38.1 Å². The fourth-order valence-electron chi connectivity index (χ4n) is 3.19. The fourth-order valence-corrected chi connectivity index (χ4v) is 4.07. The summed E-state index contributed by atoms with van der Waals surface area (Å²) in [6.07, 6.45) is 0.571. The number of sulfone groups is 1. The Balaban J connectivity index is 2.03. The van der Waals surface area contributed by atoms with Crippen molar-refractivity contribution in [3.8, 4) is 0 Å². The number of aliphatic carboxylic acids is 1. The Morgan fingerprint density at radius 2 is 1.88 bits per heavy atom. The summed E-state index contributed by atoms with van der Waals surface area (Å²) in [6.45, 7) is 6.06. The minimum atomic E-state index is -3.25. The summed E-state index contributed by atoms with van der Waals surface area (Å²) in [4.78, 5) is 25.5. The highest BCUT2D eigenvalue weighted by atomic mass is 32.2. The predicted octanol–water partition coefficient (Wildman–Crippen LogP) is 2.29. The van der Waals surface area contributed by atoms with Crippen LogP contribution in [0.1, 0.15) is 38.8 Å². The van der Waals surface area contributed by atoms with Gasteiger partial charge in [0.1, 0.15) is 0 Å². The van der Waals surface area contributed by atoms with Crippen LogP contribution >= 0.6 is 0 Å². The van der Waals surface area contributed by atoms with Crippen LogP contribution in [0, 0.1) is 11.8 Å². The van der Waals surface area contributed by atoms with Crippen LogP contribution < -0.4 is 5.32 Å². The molecule has 2 amide bonds. The molecule has 1 heterocycles. The lowest BCUT2D eigenvalue weighted by atomic mass is 9.91. The van der Waals surface area contributed by atoms with Crippen LogP contribution in [0.5, 0.6) is 0 Å². The van der Waals surface area contributed by atoms with Crippen LogP contribution in [0.3, 0.4) is 0 Å². The monoisotopic (exact) mass is 382 g/mol. The molecule has 2 rings (SSSR count). The maximum atomic E-state index is 12.5. The van der Waals surface area contributed by atoms with E-state index in [-0.39, 0.29) is 35.2 Å². The number of carbonyl (C=O) groups excluding carboxylic acids is 1. The van der Waals surface area contributed by atoms with Gasteiger partial charge in [0.25, 0.3) is 0 Å². The van der Waals surface area contributed by atoms with Gasteiger partial charge >= 0.3 is 12.0 Å². The van der Waals surface area contributed by atoms with Gasteiger partial charge in [0, 0.05) is 13.1 Å². The minimum Gasteiger partial charge on any atom is -0.481 e. The number of carboxylic acid groups (broad SMARTS) is 1. The third-order valence-corrected chi connectivity index (χ3v) is 6.51. The van der Waals surface area contributed by atoms with Crippen molar-refractivity contribution >= 4 is 21.8 Å². The molecular formula is C18H26N2O5S. The predicted molar refractivity (Wildman–Crippen MR) is 97.6 cm³/mol. The van der Waals surface area contributed by atoms with Gasteiger partial charge in [-0.2, -0.15) is 0 Å². The van der Waals surface area contributed by atoms with E-state index in [1.165, 1.54) is 0 Å². The summed E-state index contributed by atoms with van der Waals surface area (Å²) in [6, 6.07) is 5.83. The molecule has 0 spiro atoms. The molecule has 1 fully saturated rings. The highest BCUT2D eigenvalue weighted by Crippen LogP contribution is 2.23. The van der Waals surface area contributed by atoms with E-state index >= 15 is 0 Å². The smallest absolute Gasteiger partial charge is 0.317 e. The molecule has 1 aliphatic rings. The van der Waals surface area contributed by atoms with Gasteiger partial charge in [-0.1, -0.05) is 26.0 Å². The molecule has 8 heteroatoms. The van der Waals surface area contributed by atoms with Crippen LogP contribution in [0.2, 0.25) is 0 Å². The van der Waals surface area contributed by atoms with Crippen molar-refractivity contribution in [2.24, 2.45) is 11.8 Å². The van der Waals surface area contributed by atoms with Crippen molar-refractivity contribution in [1.29, 1.82) is 0 Å². The molecule has 1 aromatic rings. The summed E-state index contributed by atoms with van der Waals surface area (Å²) >= 11 is 0. The lowest BCUT2D eigenvalue weighted by Crippen LogP contribution is -2.49. The number of carboxylic acids is 1. The summed E-state index contributed by atoms with van der Waals surface area (Å²) in [5.74, 6) is -1.26. The minimum absolute atomic E-state index is 0.0382. The van der Waals surface area contributed by atoms with E-state index in [9.17, 15) is 23.1 Å². The summed E-state index contributed by atoms with van der Waals surface area (Å²) in [5, 5.41) is 12.1. The molecule has 0 aliphatic carbocycles. The van der Waals surface area contributed by atoms with Gasteiger partial charge < -0.3 is 15.3 Å². The third kappa shape index (κ3) is 4.75. The van der Waals surface area contributed by atoms with E-state index in [1.807, 2.05) is 13.8 Å². The third-order valence-electron chi connectivity index (χ3n) is 4.76.